The smallest absolute Gasteiger partial charge is 0.337 e. The summed E-state index contributed by atoms with van der Waals surface area (Å²) in [6, 6.07) is 11.1. The minimum atomic E-state index is -3.64. The lowest BCUT2D eigenvalue weighted by atomic mass is 9.98. The second-order valence-corrected chi connectivity index (χ2v) is 10.0. The fraction of sp³-hybridized carbons (Fsp3) is 0.333. The van der Waals surface area contributed by atoms with Gasteiger partial charge in [0.25, 0.3) is 0 Å². The number of rotatable bonds is 6. The summed E-state index contributed by atoms with van der Waals surface area (Å²) in [7, 11) is -2.36. The average molecular weight is 485 g/mol. The second-order valence-electron chi connectivity index (χ2n) is 7.26. The molecule has 1 aliphatic rings. The molecule has 2 aromatic carbocycles. The number of carbonyl (C=O) groups is 2. The Labute approximate surface area is 191 Å². The number of amides is 1. The van der Waals surface area contributed by atoms with E-state index in [1.165, 1.54) is 23.5 Å². The van der Waals surface area contributed by atoms with Gasteiger partial charge in [-0.2, -0.15) is 0 Å². The molecule has 31 heavy (non-hydrogen) atoms. The van der Waals surface area contributed by atoms with Gasteiger partial charge in [-0.05, 0) is 48.7 Å². The van der Waals surface area contributed by atoms with E-state index in [-0.39, 0.29) is 18.2 Å². The van der Waals surface area contributed by atoms with Gasteiger partial charge in [0.2, 0.25) is 15.9 Å². The summed E-state index contributed by atoms with van der Waals surface area (Å²) in [5.74, 6) is -1.52. The number of ether oxygens (including phenoxy) is 1. The summed E-state index contributed by atoms with van der Waals surface area (Å²) < 4.78 is 31.8. The van der Waals surface area contributed by atoms with Crippen LogP contribution in [0.1, 0.15) is 28.8 Å². The summed E-state index contributed by atoms with van der Waals surface area (Å²) in [5, 5.41) is 3.41. The predicted molar refractivity (Wildman–Crippen MR) is 120 cm³/mol. The van der Waals surface area contributed by atoms with Crippen molar-refractivity contribution in [3.63, 3.8) is 0 Å². The van der Waals surface area contributed by atoms with Gasteiger partial charge in [-0.15, -0.1) is 0 Å². The van der Waals surface area contributed by atoms with Gasteiger partial charge in [0.15, 0.2) is 0 Å². The number of nitrogens with one attached hydrogen (secondary N) is 1. The molecule has 3 rings (SSSR count). The number of nitrogens with zero attached hydrogens (tertiary/aromatic N) is 1. The fourth-order valence-electron chi connectivity index (χ4n) is 3.43. The molecule has 1 fully saturated rings. The van der Waals surface area contributed by atoms with Crippen LogP contribution in [0.15, 0.2) is 42.5 Å². The Morgan fingerprint density at radius 2 is 1.94 bits per heavy atom. The van der Waals surface area contributed by atoms with Gasteiger partial charge < -0.3 is 10.1 Å². The minimum Gasteiger partial charge on any atom is -0.465 e. The zero-order valence-electron chi connectivity index (χ0n) is 16.8. The minimum absolute atomic E-state index is 0.0895. The number of hydrogen-bond donors (Lipinski definition) is 1. The van der Waals surface area contributed by atoms with Crippen LogP contribution in [0.5, 0.6) is 0 Å². The monoisotopic (exact) mass is 484 g/mol. The summed E-state index contributed by atoms with van der Waals surface area (Å²) in [6.07, 6.45) is 1.14. The van der Waals surface area contributed by atoms with Crippen LogP contribution in [0.4, 0.5) is 5.69 Å². The average Bonchev–Trinajstić information content (AvgIpc) is 2.76. The number of esters is 1. The lowest BCUT2D eigenvalue weighted by Crippen LogP contribution is -2.44. The summed E-state index contributed by atoms with van der Waals surface area (Å²) in [5.41, 5.74) is 1.29. The molecule has 166 valence electrons. The van der Waals surface area contributed by atoms with E-state index < -0.39 is 21.9 Å². The van der Waals surface area contributed by atoms with E-state index in [9.17, 15) is 18.0 Å². The van der Waals surface area contributed by atoms with Crippen molar-refractivity contribution in [2.45, 2.75) is 18.6 Å². The molecule has 7 nitrogen and oxygen atoms in total. The van der Waals surface area contributed by atoms with Crippen molar-refractivity contribution < 1.29 is 22.7 Å². The molecule has 0 aromatic heterocycles. The van der Waals surface area contributed by atoms with Crippen LogP contribution in [0.3, 0.4) is 0 Å². The van der Waals surface area contributed by atoms with Crippen LogP contribution >= 0.6 is 23.2 Å². The van der Waals surface area contributed by atoms with Crippen molar-refractivity contribution in [2.75, 3.05) is 25.5 Å². The standard InChI is InChI=1S/C21H22Cl2N2O5S/c1-30-21(27)15-4-2-6-17(11-15)24-20(26)16-5-3-9-25(12-16)31(28,29)13-14-7-8-18(22)19(23)10-14/h2,4,6-8,10-11,16H,3,5,9,12-13H2,1H3,(H,24,26). The SMILES string of the molecule is COC(=O)c1cccc(NC(=O)C2CCCN(S(=O)(=O)Cc3ccc(Cl)c(Cl)c3)C2)c1. The van der Waals surface area contributed by atoms with E-state index in [2.05, 4.69) is 10.1 Å². The number of hydrogen-bond acceptors (Lipinski definition) is 5. The molecule has 0 radical (unpaired) electrons. The first-order valence-corrected chi connectivity index (χ1v) is 12.0. The molecule has 0 bridgehead atoms. The Kier molecular flexibility index (Phi) is 7.59. The molecule has 1 atom stereocenters. The number of halogens is 2. The van der Waals surface area contributed by atoms with Crippen molar-refractivity contribution in [2.24, 2.45) is 5.92 Å². The van der Waals surface area contributed by atoms with Gasteiger partial charge >= 0.3 is 5.97 Å². The van der Waals surface area contributed by atoms with Crippen LogP contribution in [-0.2, 0) is 25.3 Å². The maximum atomic E-state index is 12.9. The third-order valence-corrected chi connectivity index (χ3v) is 7.59. The zero-order chi connectivity index (χ0) is 22.6. The normalized spacial score (nSPS) is 17.2. The van der Waals surface area contributed by atoms with Crippen LogP contribution in [0.2, 0.25) is 10.0 Å². The van der Waals surface area contributed by atoms with Gasteiger partial charge in [0.1, 0.15) is 0 Å². The van der Waals surface area contributed by atoms with Crippen molar-refractivity contribution in [3.05, 3.63) is 63.6 Å². The first-order chi connectivity index (χ1) is 14.7. The van der Waals surface area contributed by atoms with Gasteiger partial charge in [0, 0.05) is 18.8 Å². The number of piperidine rings is 1. The Bertz CT molecular complexity index is 1090. The highest BCUT2D eigenvalue weighted by Gasteiger charge is 2.32. The molecule has 2 aromatic rings. The van der Waals surface area contributed by atoms with Crippen molar-refractivity contribution in [3.8, 4) is 0 Å². The molecule has 1 amide bonds. The number of carbonyl (C=O) groups excluding carboxylic acids is 2. The van der Waals surface area contributed by atoms with Gasteiger partial charge in [-0.3, -0.25) is 4.79 Å². The van der Waals surface area contributed by atoms with E-state index in [1.54, 1.807) is 30.3 Å². The largest absolute Gasteiger partial charge is 0.465 e. The van der Waals surface area contributed by atoms with Gasteiger partial charge in [-0.1, -0.05) is 35.3 Å². The number of anilines is 1. The van der Waals surface area contributed by atoms with E-state index in [0.717, 1.165) is 0 Å². The highest BCUT2D eigenvalue weighted by molar-refractivity contribution is 7.88. The van der Waals surface area contributed by atoms with Crippen molar-refractivity contribution >= 4 is 50.8 Å². The van der Waals surface area contributed by atoms with Crippen LogP contribution in [0.25, 0.3) is 0 Å². The van der Waals surface area contributed by atoms with Crippen LogP contribution < -0.4 is 5.32 Å². The quantitative estimate of drug-likeness (QED) is 0.626. The number of benzene rings is 2. The molecule has 10 heteroatoms. The van der Waals surface area contributed by atoms with Crippen LogP contribution in [-0.4, -0.2) is 44.8 Å². The van der Waals surface area contributed by atoms with E-state index >= 15 is 0 Å². The Balaban J connectivity index is 1.67. The lowest BCUT2D eigenvalue weighted by Gasteiger charge is -2.31. The first-order valence-electron chi connectivity index (χ1n) is 9.60. The van der Waals surface area contributed by atoms with E-state index in [1.807, 2.05) is 0 Å². The van der Waals surface area contributed by atoms with E-state index in [4.69, 9.17) is 23.2 Å². The summed E-state index contributed by atoms with van der Waals surface area (Å²) in [6.45, 7) is 0.442. The molecule has 0 saturated carbocycles. The van der Waals surface area contributed by atoms with Gasteiger partial charge in [0.05, 0.1) is 34.4 Å². The molecule has 1 N–H and O–H groups in total. The maximum Gasteiger partial charge on any atom is 0.337 e. The predicted octanol–water partition coefficient (Wildman–Crippen LogP) is 3.96. The molecule has 1 unspecified atom stereocenters. The molecule has 1 saturated heterocycles. The first kappa shape index (κ1) is 23.5. The van der Waals surface area contributed by atoms with Crippen LogP contribution in [0, 0.1) is 5.92 Å². The van der Waals surface area contributed by atoms with Crippen molar-refractivity contribution in [1.29, 1.82) is 0 Å². The summed E-state index contributed by atoms with van der Waals surface area (Å²) in [4.78, 5) is 24.4. The Hall–Kier alpha value is -2.13. The Morgan fingerprint density at radius 1 is 1.16 bits per heavy atom. The highest BCUT2D eigenvalue weighted by atomic mass is 35.5. The molecule has 0 aliphatic carbocycles. The molecular weight excluding hydrogens is 463 g/mol. The third-order valence-electron chi connectivity index (χ3n) is 5.03. The van der Waals surface area contributed by atoms with Crippen molar-refractivity contribution in [1.82, 2.24) is 4.31 Å². The molecule has 1 heterocycles. The molecular formula is C21H22Cl2N2O5S. The van der Waals surface area contributed by atoms with E-state index in [0.29, 0.717) is 46.2 Å². The summed E-state index contributed by atoms with van der Waals surface area (Å²) >= 11 is 11.9. The topological polar surface area (TPSA) is 92.8 Å². The maximum absolute atomic E-state index is 12.9. The second kappa shape index (κ2) is 9.99. The fourth-order valence-corrected chi connectivity index (χ4v) is 5.34. The van der Waals surface area contributed by atoms with Gasteiger partial charge in [-0.25, -0.2) is 17.5 Å². The highest BCUT2D eigenvalue weighted by Crippen LogP contribution is 2.26. The molecule has 0 spiro atoms. The lowest BCUT2D eigenvalue weighted by molar-refractivity contribution is -0.120. The third kappa shape index (κ3) is 5.98. The Morgan fingerprint density at radius 3 is 2.65 bits per heavy atom. The zero-order valence-corrected chi connectivity index (χ0v) is 19.1. The number of sulfonamides is 1. The molecule has 1 aliphatic heterocycles. The number of methoxy groups -OCH3 is 1.